The number of nitriles is 1. The van der Waals surface area contributed by atoms with Crippen LogP contribution in [-0.4, -0.2) is 49.4 Å². The van der Waals surface area contributed by atoms with Crippen LogP contribution in [0.2, 0.25) is 0 Å². The van der Waals surface area contributed by atoms with E-state index in [0.717, 1.165) is 18.3 Å². The van der Waals surface area contributed by atoms with Gasteiger partial charge in [0, 0.05) is 18.2 Å². The van der Waals surface area contributed by atoms with E-state index < -0.39 is 47.5 Å². The fourth-order valence-corrected chi connectivity index (χ4v) is 3.56. The van der Waals surface area contributed by atoms with Gasteiger partial charge in [0.1, 0.15) is 17.7 Å². The van der Waals surface area contributed by atoms with Crippen LogP contribution in [0.15, 0.2) is 42.9 Å². The third-order valence-corrected chi connectivity index (χ3v) is 5.27. The van der Waals surface area contributed by atoms with E-state index in [9.17, 15) is 29.1 Å². The Morgan fingerprint density at radius 2 is 1.97 bits per heavy atom. The molecular formula is C22H18F2N6O4. The number of hydrogen-bond acceptors (Lipinski definition) is 9. The molecular weight excluding hydrogens is 450 g/mol. The molecule has 1 amide bonds. The average molecular weight is 468 g/mol. The molecule has 4 unspecified atom stereocenters. The van der Waals surface area contributed by atoms with Crippen molar-refractivity contribution in [1.82, 2.24) is 15.0 Å². The molecule has 4 atom stereocenters. The van der Waals surface area contributed by atoms with Crippen LogP contribution in [-0.2, 0) is 4.74 Å². The van der Waals surface area contributed by atoms with Gasteiger partial charge in [0.05, 0.1) is 47.6 Å². The van der Waals surface area contributed by atoms with Crippen molar-refractivity contribution in [2.45, 2.75) is 30.8 Å². The molecule has 3 aromatic rings. The number of benzene rings is 1. The van der Waals surface area contributed by atoms with Crippen LogP contribution < -0.4 is 11.1 Å². The van der Waals surface area contributed by atoms with E-state index in [4.69, 9.17) is 10.5 Å². The normalized spacial score (nSPS) is 22.1. The molecule has 4 rings (SSSR count). The van der Waals surface area contributed by atoms with E-state index in [2.05, 4.69) is 20.3 Å². The Labute approximate surface area is 191 Å². The summed E-state index contributed by atoms with van der Waals surface area (Å²) < 4.78 is 33.9. The molecule has 1 saturated heterocycles. The van der Waals surface area contributed by atoms with Gasteiger partial charge in [0.25, 0.3) is 5.91 Å². The Hall–Kier alpha value is -4.05. The number of pyridine rings is 1. The Bertz CT molecular complexity index is 1260. The SMILES string of the molecule is N#CC1OC(c2ccncc2NC(=O)c2nc(-c3c(F)cccc3F)ncc2N)CC(O)C1O. The molecule has 1 aliphatic rings. The van der Waals surface area contributed by atoms with E-state index in [1.165, 1.54) is 24.5 Å². The highest BCUT2D eigenvalue weighted by molar-refractivity contribution is 6.06. The number of rotatable bonds is 4. The van der Waals surface area contributed by atoms with Crippen LogP contribution in [0.1, 0.15) is 28.6 Å². The fourth-order valence-electron chi connectivity index (χ4n) is 3.56. The molecule has 0 bridgehead atoms. The van der Waals surface area contributed by atoms with Gasteiger partial charge in [-0.2, -0.15) is 5.26 Å². The highest BCUT2D eigenvalue weighted by Crippen LogP contribution is 2.35. The fraction of sp³-hybridized carbons (Fsp3) is 0.227. The third kappa shape index (κ3) is 4.40. The number of halogens is 2. The van der Waals surface area contributed by atoms with Crippen molar-refractivity contribution >= 4 is 17.3 Å². The number of amides is 1. The molecule has 174 valence electrons. The highest BCUT2D eigenvalue weighted by atomic mass is 19.1. The average Bonchev–Trinajstić information content (AvgIpc) is 2.82. The van der Waals surface area contributed by atoms with Crippen molar-refractivity contribution < 1.29 is 28.5 Å². The van der Waals surface area contributed by atoms with E-state index in [1.807, 2.05) is 0 Å². The molecule has 34 heavy (non-hydrogen) atoms. The van der Waals surface area contributed by atoms with Gasteiger partial charge < -0.3 is 26.0 Å². The second-order valence-corrected chi connectivity index (χ2v) is 7.48. The van der Waals surface area contributed by atoms with E-state index in [-0.39, 0.29) is 29.3 Å². The van der Waals surface area contributed by atoms with Gasteiger partial charge in [-0.05, 0) is 18.2 Å². The van der Waals surface area contributed by atoms with E-state index in [1.54, 1.807) is 6.07 Å². The minimum Gasteiger partial charge on any atom is -0.396 e. The molecule has 10 nitrogen and oxygen atoms in total. The van der Waals surface area contributed by atoms with Crippen molar-refractivity contribution in [1.29, 1.82) is 5.26 Å². The molecule has 0 saturated carbocycles. The van der Waals surface area contributed by atoms with Crippen molar-refractivity contribution in [2.75, 3.05) is 11.1 Å². The largest absolute Gasteiger partial charge is 0.396 e. The predicted octanol–water partition coefficient (Wildman–Crippen LogP) is 1.73. The summed E-state index contributed by atoms with van der Waals surface area (Å²) >= 11 is 0. The summed E-state index contributed by atoms with van der Waals surface area (Å²) in [5, 5.41) is 31.7. The molecule has 12 heteroatoms. The molecule has 1 aromatic carbocycles. The monoisotopic (exact) mass is 468 g/mol. The van der Waals surface area contributed by atoms with Crippen LogP contribution in [0.25, 0.3) is 11.4 Å². The van der Waals surface area contributed by atoms with Gasteiger partial charge in [0.2, 0.25) is 0 Å². The summed E-state index contributed by atoms with van der Waals surface area (Å²) in [5.41, 5.74) is 5.39. The van der Waals surface area contributed by atoms with Gasteiger partial charge in [-0.1, -0.05) is 6.07 Å². The number of aliphatic hydroxyl groups excluding tert-OH is 2. The lowest BCUT2D eigenvalue weighted by Gasteiger charge is -2.34. The van der Waals surface area contributed by atoms with E-state index >= 15 is 0 Å². The second-order valence-electron chi connectivity index (χ2n) is 7.48. The zero-order valence-electron chi connectivity index (χ0n) is 17.4. The number of nitrogens with zero attached hydrogens (tertiary/aromatic N) is 4. The van der Waals surface area contributed by atoms with Gasteiger partial charge >= 0.3 is 0 Å². The smallest absolute Gasteiger partial charge is 0.276 e. The topological polar surface area (TPSA) is 167 Å². The summed E-state index contributed by atoms with van der Waals surface area (Å²) in [7, 11) is 0. The number of nitrogens with one attached hydrogen (secondary N) is 1. The molecule has 2 aromatic heterocycles. The molecule has 3 heterocycles. The quantitative estimate of drug-likeness (QED) is 0.446. The summed E-state index contributed by atoms with van der Waals surface area (Å²) in [6.07, 6.45) is -0.968. The number of aliphatic hydroxyl groups is 2. The van der Waals surface area contributed by atoms with Crippen LogP contribution in [0.5, 0.6) is 0 Å². The minimum absolute atomic E-state index is 0.0431. The maximum atomic E-state index is 14.2. The Balaban J connectivity index is 1.64. The van der Waals surface area contributed by atoms with Crippen LogP contribution in [0.3, 0.4) is 0 Å². The first-order valence-corrected chi connectivity index (χ1v) is 10.0. The number of hydrogen-bond donors (Lipinski definition) is 4. The predicted molar refractivity (Wildman–Crippen MR) is 114 cm³/mol. The van der Waals surface area contributed by atoms with Crippen molar-refractivity contribution in [2.24, 2.45) is 0 Å². The first-order valence-electron chi connectivity index (χ1n) is 10.0. The lowest BCUT2D eigenvalue weighted by atomic mass is 9.94. The third-order valence-electron chi connectivity index (χ3n) is 5.27. The second kappa shape index (κ2) is 9.44. The zero-order valence-corrected chi connectivity index (χ0v) is 17.4. The number of nitrogens with two attached hydrogens (primary N) is 1. The maximum absolute atomic E-state index is 14.2. The van der Waals surface area contributed by atoms with Crippen molar-refractivity contribution in [3.63, 3.8) is 0 Å². The molecule has 0 radical (unpaired) electrons. The van der Waals surface area contributed by atoms with Gasteiger partial charge in [-0.25, -0.2) is 18.7 Å². The van der Waals surface area contributed by atoms with Crippen LogP contribution >= 0.6 is 0 Å². The molecule has 1 fully saturated rings. The summed E-state index contributed by atoms with van der Waals surface area (Å²) in [6, 6.07) is 6.54. The lowest BCUT2D eigenvalue weighted by molar-refractivity contribution is -0.150. The number of aromatic nitrogens is 3. The number of ether oxygens (including phenoxy) is 1. The number of carbonyl (C=O) groups excluding carboxylic acids is 1. The lowest BCUT2D eigenvalue weighted by Crippen LogP contribution is -2.44. The molecule has 0 spiro atoms. The number of carbonyl (C=O) groups is 1. The Morgan fingerprint density at radius 3 is 2.68 bits per heavy atom. The standard InChI is InChI=1S/C22H18F2N6O4/c23-11-2-1-3-12(24)18(11)21-28-8-13(26)19(30-21)22(33)29-14-9-27-5-4-10(14)16-6-15(31)20(32)17(7-25)34-16/h1-5,8-9,15-17,20,31-32H,6,26H2,(H,29,33). The molecule has 0 aliphatic carbocycles. The van der Waals surface area contributed by atoms with Gasteiger partial charge in [-0.15, -0.1) is 0 Å². The molecule has 5 N–H and O–H groups in total. The first-order chi connectivity index (χ1) is 16.3. The van der Waals surface area contributed by atoms with Crippen LogP contribution in [0.4, 0.5) is 20.2 Å². The summed E-state index contributed by atoms with van der Waals surface area (Å²) in [5.74, 6) is -3.01. The van der Waals surface area contributed by atoms with E-state index in [0.29, 0.717) is 5.56 Å². The van der Waals surface area contributed by atoms with Gasteiger partial charge in [-0.3, -0.25) is 9.78 Å². The number of anilines is 2. The van der Waals surface area contributed by atoms with Crippen molar-refractivity contribution in [3.8, 4) is 17.5 Å². The molecule has 1 aliphatic heterocycles. The van der Waals surface area contributed by atoms with Crippen LogP contribution in [0, 0.1) is 23.0 Å². The Kier molecular flexibility index (Phi) is 6.42. The van der Waals surface area contributed by atoms with Gasteiger partial charge in [0.15, 0.2) is 17.6 Å². The first kappa shape index (κ1) is 23.1. The highest BCUT2D eigenvalue weighted by Gasteiger charge is 2.38. The van der Waals surface area contributed by atoms with Crippen molar-refractivity contribution in [3.05, 3.63) is 65.7 Å². The number of nitrogen functional groups attached to an aromatic ring is 1. The zero-order chi connectivity index (χ0) is 24.4. The summed E-state index contributed by atoms with van der Waals surface area (Å²) in [6.45, 7) is 0. The summed E-state index contributed by atoms with van der Waals surface area (Å²) in [4.78, 5) is 24.7. The Morgan fingerprint density at radius 1 is 1.24 bits per heavy atom. The minimum atomic E-state index is -1.38. The maximum Gasteiger partial charge on any atom is 0.276 e.